The van der Waals surface area contributed by atoms with Crippen LogP contribution in [0, 0.1) is 0 Å². The summed E-state index contributed by atoms with van der Waals surface area (Å²) >= 11 is 0. The number of nitrogens with zero attached hydrogens (tertiary/aromatic N) is 2. The molecule has 2 saturated heterocycles. The molecule has 0 bridgehead atoms. The van der Waals surface area contributed by atoms with Crippen LogP contribution in [0.1, 0.15) is 69.4 Å². The number of carbonyl (C=O) groups is 1. The van der Waals surface area contributed by atoms with Crippen LogP contribution in [-0.4, -0.2) is 52.6 Å². The molecule has 1 aromatic carbocycles. The molecule has 0 saturated carbocycles. The summed E-state index contributed by atoms with van der Waals surface area (Å²) in [6.07, 6.45) is 6.35. The van der Waals surface area contributed by atoms with Gasteiger partial charge in [-0.15, -0.1) is 0 Å². The summed E-state index contributed by atoms with van der Waals surface area (Å²) in [4.78, 5) is 17.2. The first-order chi connectivity index (χ1) is 12.5. The minimum absolute atomic E-state index is 0.0825. The summed E-state index contributed by atoms with van der Waals surface area (Å²) in [5, 5.41) is 11.1. The van der Waals surface area contributed by atoms with Crippen LogP contribution in [0.2, 0.25) is 0 Å². The topological polar surface area (TPSA) is 43.8 Å². The number of piperidine rings is 1. The molecule has 0 aromatic heterocycles. The molecule has 4 nitrogen and oxygen atoms in total. The van der Waals surface area contributed by atoms with Crippen LogP contribution < -0.4 is 0 Å². The number of aliphatic hydroxyl groups is 1. The van der Waals surface area contributed by atoms with E-state index in [0.29, 0.717) is 25.4 Å². The van der Waals surface area contributed by atoms with Gasteiger partial charge in [-0.3, -0.25) is 9.69 Å². The minimum atomic E-state index is -1.21. The monoisotopic (exact) mass is 358 g/mol. The van der Waals surface area contributed by atoms with E-state index in [0.717, 1.165) is 31.6 Å². The SMILES string of the molecule is CC(C)c1ccc(CN2CCCC(O)(CN3CCCCCC3)C2=O)cc1. The quantitative estimate of drug-likeness (QED) is 0.875. The first-order valence-corrected chi connectivity index (χ1v) is 10.3. The van der Waals surface area contributed by atoms with Crippen molar-refractivity contribution in [2.45, 2.75) is 70.4 Å². The lowest BCUT2D eigenvalue weighted by atomic mass is 9.90. The van der Waals surface area contributed by atoms with Gasteiger partial charge in [0.15, 0.2) is 5.60 Å². The van der Waals surface area contributed by atoms with E-state index in [4.69, 9.17) is 0 Å². The molecule has 1 aromatic rings. The average molecular weight is 359 g/mol. The molecule has 1 atom stereocenters. The Bertz CT molecular complexity index is 591. The second-order valence-corrected chi connectivity index (χ2v) is 8.45. The number of likely N-dealkylation sites (tertiary alicyclic amines) is 2. The maximum Gasteiger partial charge on any atom is 0.256 e. The molecule has 144 valence electrons. The predicted octanol–water partition coefficient (Wildman–Crippen LogP) is 3.54. The van der Waals surface area contributed by atoms with Gasteiger partial charge in [-0.25, -0.2) is 0 Å². The lowest BCUT2D eigenvalue weighted by molar-refractivity contribution is -0.160. The molecular weight excluding hydrogens is 324 g/mol. The average Bonchev–Trinajstić information content (AvgIpc) is 2.88. The fourth-order valence-corrected chi connectivity index (χ4v) is 4.26. The Hall–Kier alpha value is -1.39. The molecule has 1 N–H and O–H groups in total. The lowest BCUT2D eigenvalue weighted by Crippen LogP contribution is -2.58. The van der Waals surface area contributed by atoms with Crippen molar-refractivity contribution in [2.24, 2.45) is 0 Å². The number of hydrogen-bond donors (Lipinski definition) is 1. The molecule has 3 rings (SSSR count). The van der Waals surface area contributed by atoms with Gasteiger partial charge in [-0.2, -0.15) is 0 Å². The Kier molecular flexibility index (Phi) is 6.36. The van der Waals surface area contributed by atoms with E-state index in [1.54, 1.807) is 0 Å². The smallest absolute Gasteiger partial charge is 0.256 e. The fourth-order valence-electron chi connectivity index (χ4n) is 4.26. The van der Waals surface area contributed by atoms with Crippen LogP contribution in [0.4, 0.5) is 0 Å². The molecule has 2 aliphatic heterocycles. The van der Waals surface area contributed by atoms with Crippen molar-refractivity contribution >= 4 is 5.91 Å². The second-order valence-electron chi connectivity index (χ2n) is 8.45. The summed E-state index contributed by atoms with van der Waals surface area (Å²) in [7, 11) is 0. The number of carbonyl (C=O) groups excluding carboxylic acids is 1. The van der Waals surface area contributed by atoms with Crippen molar-refractivity contribution in [3.8, 4) is 0 Å². The van der Waals surface area contributed by atoms with Crippen LogP contribution in [-0.2, 0) is 11.3 Å². The minimum Gasteiger partial charge on any atom is -0.379 e. The molecule has 0 radical (unpaired) electrons. The number of benzene rings is 1. The third-order valence-corrected chi connectivity index (χ3v) is 5.91. The first kappa shape index (κ1) is 19.4. The Morgan fingerprint density at radius 3 is 2.27 bits per heavy atom. The highest BCUT2D eigenvalue weighted by Crippen LogP contribution is 2.26. The molecule has 2 fully saturated rings. The van der Waals surface area contributed by atoms with Crippen LogP contribution in [0.5, 0.6) is 0 Å². The standard InChI is InChI=1S/C22H34N2O2/c1-18(2)20-10-8-19(9-11-20)16-24-15-7-12-22(26,21(24)25)17-23-13-5-3-4-6-14-23/h8-11,18,26H,3-7,12-17H2,1-2H3. The summed E-state index contributed by atoms with van der Waals surface area (Å²) in [5.41, 5.74) is 1.25. The van der Waals surface area contributed by atoms with Gasteiger partial charge in [-0.05, 0) is 55.8 Å². The maximum atomic E-state index is 13.0. The molecule has 4 heteroatoms. The Labute approximate surface area is 158 Å². The largest absolute Gasteiger partial charge is 0.379 e. The van der Waals surface area contributed by atoms with Crippen molar-refractivity contribution in [3.63, 3.8) is 0 Å². The highest BCUT2D eigenvalue weighted by Gasteiger charge is 2.43. The number of hydrogen-bond acceptors (Lipinski definition) is 3. The number of β-amino-alcohol motifs (C(OH)–C–C–N with tert-alkyl or cyclic N) is 1. The van der Waals surface area contributed by atoms with Gasteiger partial charge < -0.3 is 10.0 Å². The van der Waals surface area contributed by atoms with E-state index in [9.17, 15) is 9.90 Å². The Morgan fingerprint density at radius 1 is 1.00 bits per heavy atom. The van der Waals surface area contributed by atoms with Crippen molar-refractivity contribution in [1.29, 1.82) is 0 Å². The van der Waals surface area contributed by atoms with Gasteiger partial charge in [0.1, 0.15) is 0 Å². The van der Waals surface area contributed by atoms with Crippen LogP contribution in [0.25, 0.3) is 0 Å². The third kappa shape index (κ3) is 4.66. The van der Waals surface area contributed by atoms with E-state index >= 15 is 0 Å². The molecule has 2 aliphatic rings. The number of amides is 1. The summed E-state index contributed by atoms with van der Waals surface area (Å²) in [5.74, 6) is 0.431. The fraction of sp³-hybridized carbons (Fsp3) is 0.682. The van der Waals surface area contributed by atoms with Gasteiger partial charge in [0, 0.05) is 19.6 Å². The normalized spacial score (nSPS) is 25.5. The Morgan fingerprint density at radius 2 is 1.65 bits per heavy atom. The van der Waals surface area contributed by atoms with E-state index in [2.05, 4.69) is 43.0 Å². The van der Waals surface area contributed by atoms with E-state index in [1.807, 2.05) is 4.90 Å². The molecule has 0 aliphatic carbocycles. The van der Waals surface area contributed by atoms with Crippen LogP contribution in [0.3, 0.4) is 0 Å². The molecule has 1 amide bonds. The van der Waals surface area contributed by atoms with Crippen molar-refractivity contribution in [2.75, 3.05) is 26.2 Å². The molecule has 1 unspecified atom stereocenters. The van der Waals surface area contributed by atoms with E-state index in [1.165, 1.54) is 31.2 Å². The Balaban J connectivity index is 1.64. The van der Waals surface area contributed by atoms with Crippen LogP contribution in [0.15, 0.2) is 24.3 Å². The maximum absolute atomic E-state index is 13.0. The highest BCUT2D eigenvalue weighted by atomic mass is 16.3. The van der Waals surface area contributed by atoms with Gasteiger partial charge >= 0.3 is 0 Å². The zero-order valence-corrected chi connectivity index (χ0v) is 16.4. The van der Waals surface area contributed by atoms with Crippen molar-refractivity contribution < 1.29 is 9.90 Å². The highest BCUT2D eigenvalue weighted by molar-refractivity contribution is 5.86. The van der Waals surface area contributed by atoms with Gasteiger partial charge in [0.05, 0.1) is 0 Å². The van der Waals surface area contributed by atoms with Gasteiger partial charge in [0.25, 0.3) is 5.91 Å². The summed E-state index contributed by atoms with van der Waals surface area (Å²) < 4.78 is 0. The zero-order chi connectivity index (χ0) is 18.6. The molecule has 0 spiro atoms. The molecule has 2 heterocycles. The van der Waals surface area contributed by atoms with Gasteiger partial charge in [-0.1, -0.05) is 51.0 Å². The lowest BCUT2D eigenvalue weighted by Gasteiger charge is -2.40. The number of rotatable bonds is 5. The van der Waals surface area contributed by atoms with E-state index in [-0.39, 0.29) is 5.91 Å². The molecular formula is C22H34N2O2. The summed E-state index contributed by atoms with van der Waals surface area (Å²) in [6.45, 7) is 8.22. The van der Waals surface area contributed by atoms with Crippen molar-refractivity contribution in [1.82, 2.24) is 9.80 Å². The molecule has 26 heavy (non-hydrogen) atoms. The third-order valence-electron chi connectivity index (χ3n) is 5.91. The summed E-state index contributed by atoms with van der Waals surface area (Å²) in [6, 6.07) is 8.53. The zero-order valence-electron chi connectivity index (χ0n) is 16.4. The first-order valence-electron chi connectivity index (χ1n) is 10.3. The van der Waals surface area contributed by atoms with Gasteiger partial charge in [0.2, 0.25) is 0 Å². The van der Waals surface area contributed by atoms with Crippen LogP contribution >= 0.6 is 0 Å². The van der Waals surface area contributed by atoms with E-state index < -0.39 is 5.60 Å². The second kappa shape index (κ2) is 8.53. The predicted molar refractivity (Wildman–Crippen MR) is 105 cm³/mol. The van der Waals surface area contributed by atoms with Crippen molar-refractivity contribution in [3.05, 3.63) is 35.4 Å².